The summed E-state index contributed by atoms with van der Waals surface area (Å²) in [5.41, 5.74) is 3.13. The molecule has 35 heavy (non-hydrogen) atoms. The summed E-state index contributed by atoms with van der Waals surface area (Å²) in [4.78, 5) is 50.5. The maximum Gasteiger partial charge on any atom is 0.255 e. The summed E-state index contributed by atoms with van der Waals surface area (Å²) in [5.74, 6) is -1.40. The van der Waals surface area contributed by atoms with Crippen LogP contribution in [0.4, 0.5) is 0 Å². The van der Waals surface area contributed by atoms with Gasteiger partial charge in [-0.05, 0) is 42.3 Å². The van der Waals surface area contributed by atoms with Gasteiger partial charge in [-0.25, -0.2) is 4.68 Å². The number of aromatic nitrogens is 3. The maximum atomic E-state index is 13.0. The monoisotopic (exact) mass is 469 g/mol. The molecule has 1 saturated heterocycles. The van der Waals surface area contributed by atoms with Crippen LogP contribution in [0.3, 0.4) is 0 Å². The number of piperidine rings is 1. The molecule has 0 aliphatic carbocycles. The fourth-order valence-electron chi connectivity index (χ4n) is 4.19. The average molecular weight is 469 g/mol. The van der Waals surface area contributed by atoms with Gasteiger partial charge in [-0.3, -0.25) is 24.5 Å². The third-order valence-corrected chi connectivity index (χ3v) is 6.00. The van der Waals surface area contributed by atoms with E-state index in [1.807, 2.05) is 6.07 Å². The summed E-state index contributed by atoms with van der Waals surface area (Å²) < 4.78 is 1.50. The van der Waals surface area contributed by atoms with Crippen LogP contribution in [0.15, 0.2) is 48.7 Å². The SMILES string of the molecule is N#Cc1cccc(C(=O)NCc2cn(-c3ccc4c(c3)C(=O)N(C3CCC(=O)NC3=O)C4)nn2)c1. The number of benzene rings is 2. The molecule has 2 aromatic carbocycles. The van der Waals surface area contributed by atoms with Crippen LogP contribution in [0.2, 0.25) is 0 Å². The van der Waals surface area contributed by atoms with Crippen LogP contribution >= 0.6 is 0 Å². The zero-order valence-corrected chi connectivity index (χ0v) is 18.4. The zero-order valence-electron chi connectivity index (χ0n) is 18.4. The highest BCUT2D eigenvalue weighted by atomic mass is 16.2. The third kappa shape index (κ3) is 4.24. The van der Waals surface area contributed by atoms with Gasteiger partial charge in [0.05, 0.1) is 30.1 Å². The first-order valence-electron chi connectivity index (χ1n) is 10.9. The number of carbonyl (C=O) groups excluding carboxylic acids is 4. The number of hydrogen-bond acceptors (Lipinski definition) is 7. The first kappa shape index (κ1) is 22.0. The molecule has 0 bridgehead atoms. The lowest BCUT2D eigenvalue weighted by Crippen LogP contribution is -2.52. The van der Waals surface area contributed by atoms with E-state index in [1.165, 1.54) is 15.6 Å². The number of nitrogens with zero attached hydrogens (tertiary/aromatic N) is 5. The molecule has 2 aliphatic rings. The standard InChI is InChI=1S/C24H19N7O4/c25-10-14-2-1-3-15(8-14)22(33)26-11-17-13-31(29-28-17)18-5-4-16-12-30(24(35)19(16)9-18)20-6-7-21(32)27-23(20)34/h1-5,8-9,13,20H,6-7,11-12H2,(H,26,33)(H,27,32,34). The smallest absolute Gasteiger partial charge is 0.255 e. The summed E-state index contributed by atoms with van der Waals surface area (Å²) in [6.07, 6.45) is 2.14. The van der Waals surface area contributed by atoms with Crippen molar-refractivity contribution < 1.29 is 19.2 Å². The molecule has 4 amide bonds. The van der Waals surface area contributed by atoms with Crippen LogP contribution in [-0.4, -0.2) is 49.6 Å². The molecule has 11 nitrogen and oxygen atoms in total. The molecule has 3 aromatic rings. The summed E-state index contributed by atoms with van der Waals surface area (Å²) in [6, 6.07) is 13.0. The second-order valence-electron chi connectivity index (χ2n) is 8.27. The molecule has 1 unspecified atom stereocenters. The van der Waals surface area contributed by atoms with E-state index in [0.717, 1.165) is 5.56 Å². The van der Waals surface area contributed by atoms with Crippen LogP contribution in [0.1, 0.15) is 50.4 Å². The van der Waals surface area contributed by atoms with Gasteiger partial charge in [0.2, 0.25) is 11.8 Å². The van der Waals surface area contributed by atoms with Gasteiger partial charge in [-0.1, -0.05) is 17.3 Å². The van der Waals surface area contributed by atoms with E-state index in [9.17, 15) is 19.2 Å². The first-order valence-corrected chi connectivity index (χ1v) is 10.9. The largest absolute Gasteiger partial charge is 0.346 e. The molecule has 11 heteroatoms. The van der Waals surface area contributed by atoms with Gasteiger partial charge in [0.15, 0.2) is 0 Å². The fourth-order valence-corrected chi connectivity index (χ4v) is 4.19. The summed E-state index contributed by atoms with van der Waals surface area (Å²) in [7, 11) is 0. The van der Waals surface area contributed by atoms with Crippen molar-refractivity contribution in [2.75, 3.05) is 0 Å². The van der Waals surface area contributed by atoms with Crippen LogP contribution < -0.4 is 10.6 Å². The number of carbonyl (C=O) groups is 4. The number of amides is 4. The van der Waals surface area contributed by atoms with E-state index in [-0.39, 0.29) is 30.7 Å². The Morgan fingerprint density at radius 2 is 2.06 bits per heavy atom. The van der Waals surface area contributed by atoms with E-state index < -0.39 is 11.9 Å². The Morgan fingerprint density at radius 1 is 1.20 bits per heavy atom. The van der Waals surface area contributed by atoms with Crippen LogP contribution in [-0.2, 0) is 22.7 Å². The molecule has 1 fully saturated rings. The average Bonchev–Trinajstić information content (AvgIpc) is 3.47. The van der Waals surface area contributed by atoms with Gasteiger partial charge in [-0.15, -0.1) is 5.10 Å². The Hall–Kier alpha value is -4.85. The number of imide groups is 1. The zero-order chi connectivity index (χ0) is 24.5. The van der Waals surface area contributed by atoms with Gasteiger partial charge in [0.1, 0.15) is 11.7 Å². The quantitative estimate of drug-likeness (QED) is 0.526. The number of hydrogen-bond donors (Lipinski definition) is 2. The minimum atomic E-state index is -0.675. The second-order valence-corrected chi connectivity index (χ2v) is 8.27. The molecule has 2 aliphatic heterocycles. The molecular weight excluding hydrogens is 450 g/mol. The Morgan fingerprint density at radius 3 is 2.86 bits per heavy atom. The lowest BCUT2D eigenvalue weighted by atomic mass is 10.0. The molecule has 0 radical (unpaired) electrons. The van der Waals surface area contributed by atoms with Gasteiger partial charge in [0, 0.05) is 24.1 Å². The Balaban J connectivity index is 1.27. The number of rotatable bonds is 5. The topological polar surface area (TPSA) is 150 Å². The molecule has 5 rings (SSSR count). The van der Waals surface area contributed by atoms with Crippen LogP contribution in [0.5, 0.6) is 0 Å². The minimum absolute atomic E-state index is 0.128. The Bertz CT molecular complexity index is 1420. The molecule has 174 valence electrons. The highest BCUT2D eigenvalue weighted by molar-refractivity contribution is 6.05. The van der Waals surface area contributed by atoms with E-state index in [2.05, 4.69) is 20.9 Å². The van der Waals surface area contributed by atoms with E-state index in [0.29, 0.717) is 41.0 Å². The summed E-state index contributed by atoms with van der Waals surface area (Å²) in [5, 5.41) is 22.2. The van der Waals surface area contributed by atoms with E-state index in [4.69, 9.17) is 5.26 Å². The summed E-state index contributed by atoms with van der Waals surface area (Å²) in [6.45, 7) is 0.422. The van der Waals surface area contributed by atoms with Gasteiger partial charge in [-0.2, -0.15) is 5.26 Å². The van der Waals surface area contributed by atoms with Crippen molar-refractivity contribution in [1.82, 2.24) is 30.5 Å². The normalized spacial score (nSPS) is 17.1. The number of nitriles is 1. The molecule has 3 heterocycles. The Labute approximate surface area is 199 Å². The fraction of sp³-hybridized carbons (Fsp3) is 0.208. The van der Waals surface area contributed by atoms with Crippen molar-refractivity contribution in [1.29, 1.82) is 5.26 Å². The summed E-state index contributed by atoms with van der Waals surface area (Å²) >= 11 is 0. The van der Waals surface area contributed by atoms with E-state index in [1.54, 1.807) is 42.6 Å². The van der Waals surface area contributed by atoms with Gasteiger partial charge < -0.3 is 10.2 Å². The van der Waals surface area contributed by atoms with Crippen molar-refractivity contribution in [3.8, 4) is 11.8 Å². The second kappa shape index (κ2) is 8.83. The highest BCUT2D eigenvalue weighted by Gasteiger charge is 2.39. The van der Waals surface area contributed by atoms with Gasteiger partial charge >= 0.3 is 0 Å². The van der Waals surface area contributed by atoms with Crippen LogP contribution in [0, 0.1) is 11.3 Å². The third-order valence-electron chi connectivity index (χ3n) is 6.00. The minimum Gasteiger partial charge on any atom is -0.346 e. The van der Waals surface area contributed by atoms with Gasteiger partial charge in [0.25, 0.3) is 11.8 Å². The van der Waals surface area contributed by atoms with Crippen molar-refractivity contribution in [2.45, 2.75) is 32.0 Å². The lowest BCUT2D eigenvalue weighted by Gasteiger charge is -2.29. The maximum absolute atomic E-state index is 13.0. The lowest BCUT2D eigenvalue weighted by molar-refractivity contribution is -0.136. The molecule has 0 saturated carbocycles. The Kier molecular flexibility index (Phi) is 5.54. The first-order chi connectivity index (χ1) is 16.9. The van der Waals surface area contributed by atoms with E-state index >= 15 is 0 Å². The predicted octanol–water partition coefficient (Wildman–Crippen LogP) is 0.830. The van der Waals surface area contributed by atoms with Crippen LogP contribution in [0.25, 0.3) is 5.69 Å². The van der Waals surface area contributed by atoms with Crippen molar-refractivity contribution >= 4 is 23.6 Å². The molecule has 0 spiro atoms. The van der Waals surface area contributed by atoms with Crippen molar-refractivity contribution in [3.63, 3.8) is 0 Å². The van der Waals surface area contributed by atoms with Crippen molar-refractivity contribution in [2.24, 2.45) is 0 Å². The highest BCUT2D eigenvalue weighted by Crippen LogP contribution is 2.29. The molecule has 1 aromatic heterocycles. The molecular formula is C24H19N7O4. The number of fused-ring (bicyclic) bond motifs is 1. The molecule has 2 N–H and O–H groups in total. The molecule has 1 atom stereocenters. The predicted molar refractivity (Wildman–Crippen MR) is 120 cm³/mol. The van der Waals surface area contributed by atoms with Crippen molar-refractivity contribution in [3.05, 3.63) is 76.6 Å². The number of nitrogens with one attached hydrogen (secondary N) is 2.